The summed E-state index contributed by atoms with van der Waals surface area (Å²) in [6.07, 6.45) is 0. The van der Waals surface area contributed by atoms with Gasteiger partial charge in [-0.2, -0.15) is 5.26 Å². The molecule has 0 spiro atoms. The Kier molecular flexibility index (Phi) is 2.37. The number of carbonyl (C=O) groups is 3. The van der Waals surface area contributed by atoms with Crippen molar-refractivity contribution in [3.63, 3.8) is 0 Å². The molecule has 0 heterocycles. The first-order chi connectivity index (χ1) is 5.39. The molecule has 0 radical (unpaired) electrons. The molecule has 12 heavy (non-hydrogen) atoms. The molecule has 0 amide bonds. The second-order valence-corrected chi connectivity index (χ2v) is 1.78. The number of rotatable bonds is 3. The first-order valence-electron chi connectivity index (χ1n) is 2.51. The smallest absolute Gasteiger partial charge is 0.347 e. The summed E-state index contributed by atoms with van der Waals surface area (Å²) in [5, 5.41) is 32.6. The minimum absolute atomic E-state index is 0.715. The van der Waals surface area contributed by atoms with Crippen molar-refractivity contribution in [3.8, 4) is 6.07 Å². The number of carboxylic acid groups (broad SMARTS) is 3. The highest BCUT2D eigenvalue weighted by Gasteiger charge is 2.55. The minimum Gasteiger partial charge on any atom is -0.479 e. The van der Waals surface area contributed by atoms with Crippen molar-refractivity contribution in [2.75, 3.05) is 0 Å². The Balaban J connectivity index is 5.39. The number of carboxylic acids is 3. The Labute approximate surface area is 65.5 Å². The summed E-state index contributed by atoms with van der Waals surface area (Å²) >= 11 is 0. The summed E-state index contributed by atoms with van der Waals surface area (Å²) in [4.78, 5) is 30.5. The molecular weight excluding hydrogens is 170 g/mol. The molecule has 7 heteroatoms. The van der Waals surface area contributed by atoms with Gasteiger partial charge in [-0.05, 0) is 0 Å². The van der Waals surface area contributed by atoms with Gasteiger partial charge in [0.1, 0.15) is 6.07 Å². The number of aliphatic carboxylic acids is 3. The van der Waals surface area contributed by atoms with Crippen molar-refractivity contribution in [2.45, 2.75) is 0 Å². The summed E-state index contributed by atoms with van der Waals surface area (Å²) in [6.45, 7) is 0. The molecule has 0 bridgehead atoms. The number of hydrogen-bond acceptors (Lipinski definition) is 4. The van der Waals surface area contributed by atoms with Crippen LogP contribution in [0.4, 0.5) is 0 Å². The van der Waals surface area contributed by atoms with Gasteiger partial charge in [0, 0.05) is 0 Å². The van der Waals surface area contributed by atoms with Crippen LogP contribution in [0.3, 0.4) is 0 Å². The van der Waals surface area contributed by atoms with Crippen LogP contribution in [0.25, 0.3) is 0 Å². The van der Waals surface area contributed by atoms with Crippen LogP contribution < -0.4 is 0 Å². The van der Waals surface area contributed by atoms with Crippen LogP contribution in [0.5, 0.6) is 0 Å². The largest absolute Gasteiger partial charge is 0.479 e. The van der Waals surface area contributed by atoms with E-state index in [1.807, 2.05) is 0 Å². The molecule has 0 aliphatic rings. The topological polar surface area (TPSA) is 136 Å². The van der Waals surface area contributed by atoms with Crippen LogP contribution in [0.1, 0.15) is 0 Å². The standard InChI is InChI=1S/C5H3NO6/c6-1-5(2(7)8,3(9)10)4(11)12/h(H,7,8)(H,9,10)(H,11,12). The lowest BCUT2D eigenvalue weighted by Gasteiger charge is -2.09. The van der Waals surface area contributed by atoms with Crippen LogP contribution in [0.15, 0.2) is 0 Å². The highest BCUT2D eigenvalue weighted by atomic mass is 16.4. The lowest BCUT2D eigenvalue weighted by atomic mass is 9.91. The zero-order chi connectivity index (χ0) is 9.94. The van der Waals surface area contributed by atoms with Crippen LogP contribution in [-0.2, 0) is 14.4 Å². The fourth-order valence-electron chi connectivity index (χ4n) is 0.418. The molecule has 0 aromatic rings. The number of nitrogens with zero attached hydrogens (tertiary/aromatic N) is 1. The van der Waals surface area contributed by atoms with Crippen molar-refractivity contribution in [3.05, 3.63) is 0 Å². The van der Waals surface area contributed by atoms with E-state index in [0.29, 0.717) is 6.07 Å². The molecule has 0 saturated carbocycles. The van der Waals surface area contributed by atoms with E-state index in [0.717, 1.165) is 0 Å². The first-order valence-corrected chi connectivity index (χ1v) is 2.51. The van der Waals surface area contributed by atoms with Crippen LogP contribution in [0, 0.1) is 16.7 Å². The third-order valence-electron chi connectivity index (χ3n) is 1.13. The van der Waals surface area contributed by atoms with E-state index in [4.69, 9.17) is 20.6 Å². The Morgan fingerprint density at radius 1 is 1.00 bits per heavy atom. The monoisotopic (exact) mass is 173 g/mol. The highest BCUT2D eigenvalue weighted by molar-refractivity contribution is 6.19. The first kappa shape index (κ1) is 9.90. The van der Waals surface area contributed by atoms with E-state index in [2.05, 4.69) is 0 Å². The van der Waals surface area contributed by atoms with Gasteiger partial charge in [0.2, 0.25) is 0 Å². The Morgan fingerprint density at radius 3 is 1.25 bits per heavy atom. The molecule has 0 aliphatic carbocycles. The van der Waals surface area contributed by atoms with Gasteiger partial charge < -0.3 is 15.3 Å². The average Bonchev–Trinajstić information content (AvgIpc) is 1.86. The quantitative estimate of drug-likeness (QED) is 0.453. The van der Waals surface area contributed by atoms with Crippen molar-refractivity contribution in [1.82, 2.24) is 0 Å². The van der Waals surface area contributed by atoms with E-state index < -0.39 is 23.3 Å². The molecule has 0 aromatic carbocycles. The average molecular weight is 173 g/mol. The molecule has 0 fully saturated rings. The van der Waals surface area contributed by atoms with E-state index in [-0.39, 0.29) is 0 Å². The molecule has 0 rings (SSSR count). The second kappa shape index (κ2) is 2.87. The van der Waals surface area contributed by atoms with Crippen molar-refractivity contribution in [1.29, 1.82) is 5.26 Å². The predicted octanol–water partition coefficient (Wildman–Crippen LogP) is -1.25. The third-order valence-corrected chi connectivity index (χ3v) is 1.13. The summed E-state index contributed by atoms with van der Waals surface area (Å²) < 4.78 is 0. The van der Waals surface area contributed by atoms with E-state index in [1.165, 1.54) is 0 Å². The van der Waals surface area contributed by atoms with Crippen molar-refractivity contribution < 1.29 is 29.7 Å². The molecule has 0 aliphatic heterocycles. The molecule has 0 unspecified atom stereocenters. The fourth-order valence-corrected chi connectivity index (χ4v) is 0.418. The van der Waals surface area contributed by atoms with Gasteiger partial charge in [0.05, 0.1) is 0 Å². The van der Waals surface area contributed by atoms with E-state index in [1.54, 1.807) is 0 Å². The summed E-state index contributed by atoms with van der Waals surface area (Å²) in [7, 11) is 0. The molecule has 64 valence electrons. The number of nitriles is 1. The van der Waals surface area contributed by atoms with Gasteiger partial charge in [-0.3, -0.25) is 0 Å². The molecule has 0 aromatic heterocycles. The Morgan fingerprint density at radius 2 is 1.25 bits per heavy atom. The lowest BCUT2D eigenvalue weighted by molar-refractivity contribution is -0.170. The van der Waals surface area contributed by atoms with E-state index in [9.17, 15) is 14.4 Å². The molecule has 0 saturated heterocycles. The second-order valence-electron chi connectivity index (χ2n) is 1.78. The highest BCUT2D eigenvalue weighted by Crippen LogP contribution is 2.16. The maximum atomic E-state index is 10.2. The molecule has 0 atom stereocenters. The summed E-state index contributed by atoms with van der Waals surface area (Å²) in [5.74, 6) is -6.65. The summed E-state index contributed by atoms with van der Waals surface area (Å²) in [6, 6.07) is 0.715. The Bertz CT molecular complexity index is 251. The zero-order valence-electron chi connectivity index (χ0n) is 5.51. The van der Waals surface area contributed by atoms with Crippen LogP contribution in [0.2, 0.25) is 0 Å². The summed E-state index contributed by atoms with van der Waals surface area (Å²) in [5.41, 5.74) is -3.40. The number of hydrogen-bond donors (Lipinski definition) is 3. The van der Waals surface area contributed by atoms with Gasteiger partial charge in [-0.1, -0.05) is 0 Å². The van der Waals surface area contributed by atoms with Gasteiger partial charge >= 0.3 is 23.3 Å². The van der Waals surface area contributed by atoms with Gasteiger partial charge in [-0.25, -0.2) is 14.4 Å². The minimum atomic E-state index is -3.40. The SMILES string of the molecule is N#CC(C(=O)O)(C(=O)O)C(=O)O. The van der Waals surface area contributed by atoms with Crippen LogP contribution in [-0.4, -0.2) is 33.2 Å². The molecular formula is C5H3NO6. The van der Waals surface area contributed by atoms with Crippen LogP contribution >= 0.6 is 0 Å². The van der Waals surface area contributed by atoms with Gasteiger partial charge in [-0.15, -0.1) is 0 Å². The maximum Gasteiger partial charge on any atom is 0.347 e. The fraction of sp³-hybridized carbons (Fsp3) is 0.200. The normalized spacial score (nSPS) is 9.92. The van der Waals surface area contributed by atoms with Gasteiger partial charge in [0.25, 0.3) is 0 Å². The predicted molar refractivity (Wildman–Crippen MR) is 31.0 cm³/mol. The van der Waals surface area contributed by atoms with Gasteiger partial charge in [0.15, 0.2) is 0 Å². The molecule has 7 nitrogen and oxygen atoms in total. The zero-order valence-corrected chi connectivity index (χ0v) is 5.51. The van der Waals surface area contributed by atoms with E-state index >= 15 is 0 Å². The maximum absolute atomic E-state index is 10.2. The third kappa shape index (κ3) is 1.05. The Hall–Kier alpha value is -2.10. The lowest BCUT2D eigenvalue weighted by Crippen LogP contribution is -2.45. The van der Waals surface area contributed by atoms with Crippen molar-refractivity contribution >= 4 is 17.9 Å². The van der Waals surface area contributed by atoms with Crippen molar-refractivity contribution in [2.24, 2.45) is 5.41 Å². The molecule has 3 N–H and O–H groups in total.